The highest BCUT2D eigenvalue weighted by Gasteiger charge is 2.61. The van der Waals surface area contributed by atoms with Crippen LogP contribution in [0.3, 0.4) is 0 Å². The number of hydrogen-bond donors (Lipinski definition) is 1. The van der Waals surface area contributed by atoms with Gasteiger partial charge in [0.1, 0.15) is 0 Å². The molecule has 0 amide bonds. The second kappa shape index (κ2) is 3.33. The molecular formula is C10H14F2O2. The van der Waals surface area contributed by atoms with Gasteiger partial charge in [-0.3, -0.25) is 4.79 Å². The van der Waals surface area contributed by atoms with E-state index in [1.165, 1.54) is 6.92 Å². The zero-order valence-electron chi connectivity index (χ0n) is 8.47. The Bertz CT molecular complexity index is 290. The van der Waals surface area contributed by atoms with Gasteiger partial charge in [-0.05, 0) is 30.3 Å². The molecule has 0 heterocycles. The van der Waals surface area contributed by atoms with Gasteiger partial charge in [-0.1, -0.05) is 13.8 Å². The fraction of sp³-hybridized carbons (Fsp3) is 0.700. The van der Waals surface area contributed by atoms with E-state index in [0.717, 1.165) is 0 Å². The van der Waals surface area contributed by atoms with Gasteiger partial charge < -0.3 is 5.11 Å². The number of hydrogen-bond acceptors (Lipinski definition) is 1. The van der Waals surface area contributed by atoms with E-state index in [1.807, 2.05) is 0 Å². The van der Waals surface area contributed by atoms with Gasteiger partial charge in [0, 0.05) is 0 Å². The van der Waals surface area contributed by atoms with Crippen molar-refractivity contribution in [2.45, 2.75) is 27.2 Å². The molecule has 1 saturated carbocycles. The van der Waals surface area contributed by atoms with Crippen LogP contribution in [0.1, 0.15) is 27.2 Å². The largest absolute Gasteiger partial charge is 0.481 e. The number of carbonyl (C=O) groups is 1. The lowest BCUT2D eigenvalue weighted by Gasteiger charge is -2.01. The molecule has 1 fully saturated rings. The molecule has 1 rings (SSSR count). The highest BCUT2D eigenvalue weighted by Crippen LogP contribution is 2.61. The highest BCUT2D eigenvalue weighted by molar-refractivity contribution is 5.75. The van der Waals surface area contributed by atoms with Gasteiger partial charge in [0.25, 0.3) is 6.08 Å². The summed E-state index contributed by atoms with van der Waals surface area (Å²) in [6.07, 6.45) is -1.50. The topological polar surface area (TPSA) is 37.3 Å². The summed E-state index contributed by atoms with van der Waals surface area (Å²) in [6, 6.07) is 0. The van der Waals surface area contributed by atoms with Crippen molar-refractivity contribution in [3.05, 3.63) is 11.7 Å². The Morgan fingerprint density at radius 3 is 2.21 bits per heavy atom. The normalized spacial score (nSPS) is 28.4. The van der Waals surface area contributed by atoms with Crippen molar-refractivity contribution in [1.29, 1.82) is 0 Å². The van der Waals surface area contributed by atoms with Crippen molar-refractivity contribution in [3.8, 4) is 0 Å². The molecule has 0 aliphatic heterocycles. The van der Waals surface area contributed by atoms with E-state index in [1.54, 1.807) is 13.8 Å². The molecule has 1 N–H and O–H groups in total. The average molecular weight is 204 g/mol. The summed E-state index contributed by atoms with van der Waals surface area (Å²) in [6.45, 7) is 4.96. The Kier molecular flexibility index (Phi) is 2.65. The van der Waals surface area contributed by atoms with Crippen LogP contribution in [-0.4, -0.2) is 11.1 Å². The van der Waals surface area contributed by atoms with Gasteiger partial charge in [0.2, 0.25) is 0 Å². The predicted molar refractivity (Wildman–Crippen MR) is 47.9 cm³/mol. The first-order chi connectivity index (χ1) is 6.28. The minimum absolute atomic E-state index is 0.00632. The molecule has 0 radical (unpaired) electrons. The van der Waals surface area contributed by atoms with Gasteiger partial charge in [-0.2, -0.15) is 8.78 Å². The van der Waals surface area contributed by atoms with Crippen LogP contribution in [0.4, 0.5) is 8.78 Å². The van der Waals surface area contributed by atoms with Gasteiger partial charge >= 0.3 is 5.97 Å². The fourth-order valence-electron chi connectivity index (χ4n) is 2.02. The molecule has 0 spiro atoms. The molecule has 14 heavy (non-hydrogen) atoms. The Hall–Kier alpha value is -0.930. The van der Waals surface area contributed by atoms with Gasteiger partial charge in [-0.15, -0.1) is 0 Å². The van der Waals surface area contributed by atoms with E-state index in [-0.39, 0.29) is 23.3 Å². The monoisotopic (exact) mass is 204 g/mol. The van der Waals surface area contributed by atoms with Crippen LogP contribution >= 0.6 is 0 Å². The molecule has 2 unspecified atom stereocenters. The number of halogens is 2. The third-order valence-corrected chi connectivity index (χ3v) is 3.17. The Labute approximate surface area is 81.6 Å². The minimum atomic E-state index is -1.68. The molecule has 0 bridgehead atoms. The Morgan fingerprint density at radius 1 is 1.43 bits per heavy atom. The maximum Gasteiger partial charge on any atom is 0.307 e. The lowest BCUT2D eigenvalue weighted by atomic mass is 10.0. The zero-order valence-corrected chi connectivity index (χ0v) is 8.47. The zero-order chi connectivity index (χ0) is 11.1. The number of rotatable bonds is 3. The van der Waals surface area contributed by atoms with Crippen LogP contribution < -0.4 is 0 Å². The summed E-state index contributed by atoms with van der Waals surface area (Å²) in [4.78, 5) is 10.7. The summed E-state index contributed by atoms with van der Waals surface area (Å²) in [5, 5.41) is 8.81. The van der Waals surface area contributed by atoms with Crippen LogP contribution in [0, 0.1) is 17.3 Å². The maximum absolute atomic E-state index is 12.1. The first-order valence-corrected chi connectivity index (χ1v) is 4.52. The molecule has 0 saturated heterocycles. The smallest absolute Gasteiger partial charge is 0.307 e. The molecule has 4 heteroatoms. The van der Waals surface area contributed by atoms with Crippen molar-refractivity contribution in [2.24, 2.45) is 17.3 Å². The summed E-state index contributed by atoms with van der Waals surface area (Å²) >= 11 is 0. The fourth-order valence-corrected chi connectivity index (χ4v) is 2.02. The average Bonchev–Trinajstić information content (AvgIpc) is 2.52. The quantitative estimate of drug-likeness (QED) is 0.767. The molecular weight excluding hydrogens is 190 g/mol. The van der Waals surface area contributed by atoms with Crippen LogP contribution in [0.25, 0.3) is 0 Å². The highest BCUT2D eigenvalue weighted by atomic mass is 19.3. The molecule has 0 aromatic carbocycles. The summed E-state index contributed by atoms with van der Waals surface area (Å²) in [5.74, 6) is -1.51. The third kappa shape index (κ3) is 1.79. The Balaban J connectivity index is 2.67. The van der Waals surface area contributed by atoms with Gasteiger partial charge in [0.15, 0.2) is 0 Å². The van der Waals surface area contributed by atoms with Crippen molar-refractivity contribution >= 4 is 5.97 Å². The van der Waals surface area contributed by atoms with E-state index in [2.05, 4.69) is 0 Å². The lowest BCUT2D eigenvalue weighted by molar-refractivity contribution is -0.139. The summed E-state index contributed by atoms with van der Waals surface area (Å²) in [5.41, 5.74) is -0.338. The number of carboxylic acid groups (broad SMARTS) is 1. The van der Waals surface area contributed by atoms with Crippen LogP contribution in [0.5, 0.6) is 0 Å². The lowest BCUT2D eigenvalue weighted by Crippen LogP contribution is -2.03. The third-order valence-electron chi connectivity index (χ3n) is 3.17. The van der Waals surface area contributed by atoms with E-state index < -0.39 is 18.0 Å². The summed E-state index contributed by atoms with van der Waals surface area (Å²) in [7, 11) is 0. The van der Waals surface area contributed by atoms with E-state index in [4.69, 9.17) is 5.11 Å². The molecule has 2 atom stereocenters. The van der Waals surface area contributed by atoms with Crippen molar-refractivity contribution in [2.75, 3.05) is 0 Å². The van der Waals surface area contributed by atoms with Gasteiger partial charge in [-0.25, -0.2) is 0 Å². The number of allylic oxidation sites excluding steroid dienone is 1. The molecule has 80 valence electrons. The first kappa shape index (κ1) is 11.1. The predicted octanol–water partition coefficient (Wildman–Crippen LogP) is 2.90. The molecule has 1 aliphatic carbocycles. The Morgan fingerprint density at radius 2 is 1.93 bits per heavy atom. The number of carboxylic acids is 1. The molecule has 2 nitrogen and oxygen atoms in total. The molecule has 0 aromatic rings. The summed E-state index contributed by atoms with van der Waals surface area (Å²) < 4.78 is 24.3. The molecule has 1 aliphatic rings. The number of aliphatic carboxylic acids is 1. The SMILES string of the molecule is CC(CC1C(C(=O)O)C1(C)C)=C(F)F. The van der Waals surface area contributed by atoms with Crippen molar-refractivity contribution < 1.29 is 18.7 Å². The van der Waals surface area contributed by atoms with Crippen LogP contribution in [0.2, 0.25) is 0 Å². The standard InChI is InChI=1S/C10H14F2O2/c1-5(8(11)12)4-6-7(9(13)14)10(6,2)3/h6-7H,4H2,1-3H3,(H,13,14). The van der Waals surface area contributed by atoms with Crippen molar-refractivity contribution in [3.63, 3.8) is 0 Å². The minimum Gasteiger partial charge on any atom is -0.481 e. The van der Waals surface area contributed by atoms with E-state index >= 15 is 0 Å². The maximum atomic E-state index is 12.1. The van der Waals surface area contributed by atoms with Crippen molar-refractivity contribution in [1.82, 2.24) is 0 Å². The van der Waals surface area contributed by atoms with Crippen LogP contribution in [-0.2, 0) is 4.79 Å². The second-order valence-corrected chi connectivity index (χ2v) is 4.49. The van der Waals surface area contributed by atoms with Crippen LogP contribution in [0.15, 0.2) is 11.7 Å². The molecule has 0 aromatic heterocycles. The van der Waals surface area contributed by atoms with E-state index in [0.29, 0.717) is 0 Å². The van der Waals surface area contributed by atoms with Gasteiger partial charge in [0.05, 0.1) is 5.92 Å². The van der Waals surface area contributed by atoms with E-state index in [9.17, 15) is 13.6 Å². The second-order valence-electron chi connectivity index (χ2n) is 4.49. The first-order valence-electron chi connectivity index (χ1n) is 4.52.